The molecule has 37 heavy (non-hydrogen) atoms. The predicted molar refractivity (Wildman–Crippen MR) is 137 cm³/mol. The molecule has 0 aliphatic carbocycles. The van der Waals surface area contributed by atoms with Gasteiger partial charge in [-0.3, -0.25) is 24.5 Å². The first-order valence-electron chi connectivity index (χ1n) is 11.3. The molecule has 0 bridgehead atoms. The van der Waals surface area contributed by atoms with Gasteiger partial charge in [0.05, 0.1) is 5.69 Å². The number of carbonyl (C=O) groups excluding carboxylic acids is 5. The lowest BCUT2D eigenvalue weighted by atomic mass is 10.0. The lowest BCUT2D eigenvalue weighted by Gasteiger charge is -2.29. The maximum atomic E-state index is 12.9. The number of para-hydroxylation sites is 1. The average molecular weight is 498 g/mol. The highest BCUT2D eigenvalue weighted by Crippen LogP contribution is 2.23. The van der Waals surface area contributed by atoms with E-state index in [-0.39, 0.29) is 11.5 Å². The number of urea groups is 1. The van der Waals surface area contributed by atoms with E-state index in [1.165, 1.54) is 12.1 Å². The topological polar surface area (TPSA) is 137 Å². The molecule has 0 saturated carbocycles. The molecule has 1 unspecified atom stereocenters. The molecule has 0 aromatic heterocycles. The van der Waals surface area contributed by atoms with Crippen molar-refractivity contribution >= 4 is 47.2 Å². The maximum absolute atomic E-state index is 12.9. The molecule has 186 valence electrons. The van der Waals surface area contributed by atoms with Crippen LogP contribution in [0.3, 0.4) is 0 Å². The smallest absolute Gasteiger partial charge is 0.322 e. The van der Waals surface area contributed by atoms with Crippen molar-refractivity contribution in [2.24, 2.45) is 11.0 Å². The summed E-state index contributed by atoms with van der Waals surface area (Å²) in [6.45, 7) is 3.66. The molecule has 0 radical (unpaired) electrons. The molecule has 0 spiro atoms. The van der Waals surface area contributed by atoms with Crippen LogP contribution in [0.25, 0.3) is 0 Å². The van der Waals surface area contributed by atoms with Crippen molar-refractivity contribution in [1.29, 1.82) is 0 Å². The van der Waals surface area contributed by atoms with Gasteiger partial charge in [0.25, 0.3) is 17.7 Å². The van der Waals surface area contributed by atoms with Gasteiger partial charge >= 0.3 is 6.03 Å². The standard InChI is InChI=1S/C27H23N5O5/c1-16-7-9-18(10-8-16)23(33)29-20-13-11-19(12-14-20)24(34)31-28-15-21-25(35)30-27(37)32(26(21)36)22-6-4-3-5-17(22)2/h3-15,21H,1-2H3,(H,29,33)(H,31,34)(H,30,35,37). The summed E-state index contributed by atoms with van der Waals surface area (Å²) in [6, 6.07) is 19.1. The third-order valence-electron chi connectivity index (χ3n) is 5.67. The quantitative estimate of drug-likeness (QED) is 0.273. The zero-order valence-corrected chi connectivity index (χ0v) is 20.0. The SMILES string of the molecule is Cc1ccc(C(=O)Nc2ccc(C(=O)NN=CC3C(=O)NC(=O)N(c4ccccc4C)C3=O)cc2)cc1. The number of nitrogens with zero attached hydrogens (tertiary/aromatic N) is 2. The summed E-state index contributed by atoms with van der Waals surface area (Å²) in [5, 5.41) is 8.63. The van der Waals surface area contributed by atoms with Gasteiger partial charge in [0.1, 0.15) is 0 Å². The molecule has 1 atom stereocenters. The second-order valence-electron chi connectivity index (χ2n) is 8.35. The van der Waals surface area contributed by atoms with Crippen molar-refractivity contribution in [3.05, 3.63) is 95.1 Å². The van der Waals surface area contributed by atoms with Gasteiger partial charge in [-0.2, -0.15) is 5.10 Å². The van der Waals surface area contributed by atoms with Gasteiger partial charge in [0.2, 0.25) is 5.91 Å². The number of aryl methyl sites for hydroxylation is 2. The van der Waals surface area contributed by atoms with Crippen molar-refractivity contribution in [2.75, 3.05) is 10.2 Å². The van der Waals surface area contributed by atoms with Crippen molar-refractivity contribution in [1.82, 2.24) is 10.7 Å². The van der Waals surface area contributed by atoms with Crippen LogP contribution in [0.15, 0.2) is 77.9 Å². The lowest BCUT2D eigenvalue weighted by Crippen LogP contribution is -2.59. The Morgan fingerprint density at radius 1 is 0.865 bits per heavy atom. The summed E-state index contributed by atoms with van der Waals surface area (Å²) in [5.74, 6) is -3.91. The first-order chi connectivity index (χ1) is 17.7. The van der Waals surface area contributed by atoms with E-state index in [2.05, 4.69) is 21.2 Å². The molecule has 3 N–H and O–H groups in total. The summed E-state index contributed by atoms with van der Waals surface area (Å²) in [6.07, 6.45) is 0.976. The number of benzene rings is 3. The van der Waals surface area contributed by atoms with Gasteiger partial charge in [-0.05, 0) is 61.9 Å². The minimum atomic E-state index is -1.41. The molecule has 6 amide bonds. The normalized spacial score (nSPS) is 15.5. The first kappa shape index (κ1) is 25.0. The van der Waals surface area contributed by atoms with Gasteiger partial charge in [0, 0.05) is 23.0 Å². The van der Waals surface area contributed by atoms with Crippen LogP contribution >= 0.6 is 0 Å². The monoisotopic (exact) mass is 497 g/mol. The molecule has 1 aliphatic heterocycles. The lowest BCUT2D eigenvalue weighted by molar-refractivity contribution is -0.131. The number of barbiturate groups is 1. The van der Waals surface area contributed by atoms with E-state index in [1.807, 2.05) is 19.1 Å². The number of anilines is 2. The Labute approximate surface area is 212 Å². The van der Waals surface area contributed by atoms with Crippen molar-refractivity contribution in [3.8, 4) is 0 Å². The van der Waals surface area contributed by atoms with E-state index < -0.39 is 29.7 Å². The van der Waals surface area contributed by atoms with Crippen LogP contribution in [-0.4, -0.2) is 35.9 Å². The van der Waals surface area contributed by atoms with Gasteiger partial charge in [-0.15, -0.1) is 0 Å². The van der Waals surface area contributed by atoms with Gasteiger partial charge < -0.3 is 5.32 Å². The van der Waals surface area contributed by atoms with Gasteiger partial charge in [-0.25, -0.2) is 15.1 Å². The Morgan fingerprint density at radius 2 is 1.49 bits per heavy atom. The van der Waals surface area contributed by atoms with E-state index in [4.69, 9.17) is 0 Å². The Balaban J connectivity index is 1.38. The number of carbonyl (C=O) groups is 5. The molecule has 1 aliphatic rings. The Bertz CT molecular complexity index is 1410. The second-order valence-corrected chi connectivity index (χ2v) is 8.35. The Kier molecular flexibility index (Phi) is 7.19. The number of rotatable bonds is 6. The molecular weight excluding hydrogens is 474 g/mol. The largest absolute Gasteiger partial charge is 0.335 e. The number of hydrazone groups is 1. The zero-order chi connectivity index (χ0) is 26.5. The fourth-order valence-electron chi connectivity index (χ4n) is 3.61. The van der Waals surface area contributed by atoms with E-state index in [9.17, 15) is 24.0 Å². The van der Waals surface area contributed by atoms with Crippen LogP contribution in [0.1, 0.15) is 31.8 Å². The van der Waals surface area contributed by atoms with Gasteiger partial charge in [-0.1, -0.05) is 35.9 Å². The number of hydrogen-bond donors (Lipinski definition) is 3. The molecule has 3 aromatic rings. The third-order valence-corrected chi connectivity index (χ3v) is 5.67. The molecule has 10 nitrogen and oxygen atoms in total. The number of amides is 6. The zero-order valence-electron chi connectivity index (χ0n) is 20.0. The molecule has 3 aromatic carbocycles. The highest BCUT2D eigenvalue weighted by atomic mass is 16.2. The van der Waals surface area contributed by atoms with Crippen LogP contribution in [0.2, 0.25) is 0 Å². The van der Waals surface area contributed by atoms with Crippen LogP contribution in [0.4, 0.5) is 16.2 Å². The molecule has 1 fully saturated rings. The van der Waals surface area contributed by atoms with Crippen molar-refractivity contribution in [2.45, 2.75) is 13.8 Å². The summed E-state index contributed by atoms with van der Waals surface area (Å²) in [5.41, 5.74) is 5.56. The molecular formula is C27H23N5O5. The van der Waals surface area contributed by atoms with Crippen LogP contribution < -0.4 is 21.0 Å². The maximum Gasteiger partial charge on any atom is 0.335 e. The van der Waals surface area contributed by atoms with Gasteiger partial charge in [0.15, 0.2) is 5.92 Å². The molecule has 4 rings (SSSR count). The number of hydrogen-bond acceptors (Lipinski definition) is 6. The van der Waals surface area contributed by atoms with Crippen LogP contribution in [0, 0.1) is 19.8 Å². The van der Waals surface area contributed by atoms with E-state index >= 15 is 0 Å². The van der Waals surface area contributed by atoms with Crippen LogP contribution in [0.5, 0.6) is 0 Å². The van der Waals surface area contributed by atoms with E-state index in [0.717, 1.165) is 16.7 Å². The summed E-state index contributed by atoms with van der Waals surface area (Å²) < 4.78 is 0. The minimum Gasteiger partial charge on any atom is -0.322 e. The van der Waals surface area contributed by atoms with Crippen LogP contribution in [-0.2, 0) is 9.59 Å². The van der Waals surface area contributed by atoms with Crippen molar-refractivity contribution < 1.29 is 24.0 Å². The average Bonchev–Trinajstić information content (AvgIpc) is 2.87. The summed E-state index contributed by atoms with van der Waals surface area (Å²) in [7, 11) is 0. The third kappa shape index (κ3) is 5.59. The van der Waals surface area contributed by atoms with Crippen molar-refractivity contribution in [3.63, 3.8) is 0 Å². The predicted octanol–water partition coefficient (Wildman–Crippen LogP) is 3.17. The fraction of sp³-hybridized carbons (Fsp3) is 0.111. The number of imide groups is 2. The summed E-state index contributed by atoms with van der Waals surface area (Å²) in [4.78, 5) is 63.1. The first-order valence-corrected chi connectivity index (χ1v) is 11.3. The Morgan fingerprint density at radius 3 is 2.16 bits per heavy atom. The summed E-state index contributed by atoms with van der Waals surface area (Å²) >= 11 is 0. The second kappa shape index (κ2) is 10.6. The molecule has 10 heteroatoms. The molecule has 1 saturated heterocycles. The fourth-order valence-corrected chi connectivity index (χ4v) is 3.61. The van der Waals surface area contributed by atoms with E-state index in [0.29, 0.717) is 22.5 Å². The molecule has 1 heterocycles. The minimum absolute atomic E-state index is 0.238. The number of nitrogens with one attached hydrogen (secondary N) is 3. The highest BCUT2D eigenvalue weighted by molar-refractivity contribution is 6.32. The van der Waals surface area contributed by atoms with E-state index in [1.54, 1.807) is 55.5 Å². The Hall–Kier alpha value is -5.12. The highest BCUT2D eigenvalue weighted by Gasteiger charge is 2.41.